The number of para-hydroxylation sites is 2. The SMILES string of the molecule is Clc1ccc2c(c1)Sc1cc(N(c3ccccc3)c3cc(-c4ccc5ccccc5c4)c4oc5ccccc5c4c3)ccc1C21c2ccccc2-c2ccccc21. The Balaban J connectivity index is 1.12. The van der Waals surface area contributed by atoms with Crippen LogP contribution in [0, 0.1) is 0 Å². The molecule has 4 heteroatoms. The molecule has 0 bridgehead atoms. The van der Waals surface area contributed by atoms with Gasteiger partial charge in [0, 0.05) is 48.2 Å². The summed E-state index contributed by atoms with van der Waals surface area (Å²) < 4.78 is 6.69. The second-order valence-corrected chi connectivity index (χ2v) is 16.5. The Kier molecular flexibility index (Phi) is 7.17. The van der Waals surface area contributed by atoms with Crippen molar-refractivity contribution < 1.29 is 4.42 Å². The number of anilines is 3. The smallest absolute Gasteiger partial charge is 0.143 e. The lowest BCUT2D eigenvalue weighted by atomic mass is 9.67. The molecule has 2 heterocycles. The van der Waals surface area contributed by atoms with E-state index in [1.165, 1.54) is 53.9 Å². The van der Waals surface area contributed by atoms with Gasteiger partial charge >= 0.3 is 0 Å². The van der Waals surface area contributed by atoms with E-state index in [-0.39, 0.29) is 0 Å². The summed E-state index contributed by atoms with van der Waals surface area (Å²) in [5.41, 5.74) is 14.4. The predicted octanol–water partition coefficient (Wildman–Crippen LogP) is 15.4. The van der Waals surface area contributed by atoms with Crippen molar-refractivity contribution in [1.29, 1.82) is 0 Å². The zero-order valence-corrected chi connectivity index (χ0v) is 32.2. The molecule has 9 aromatic carbocycles. The Bertz CT molecular complexity index is 3210. The number of halogens is 1. The number of rotatable bonds is 4. The molecule has 12 rings (SSSR count). The lowest BCUT2D eigenvalue weighted by Crippen LogP contribution is -2.32. The van der Waals surface area contributed by atoms with E-state index in [1.807, 2.05) is 23.9 Å². The Hall–Kier alpha value is -6.52. The van der Waals surface area contributed by atoms with Crippen molar-refractivity contribution >= 4 is 73.1 Å². The number of nitrogens with zero attached hydrogens (tertiary/aromatic N) is 1. The van der Waals surface area contributed by atoms with Gasteiger partial charge in [0.25, 0.3) is 0 Å². The minimum Gasteiger partial charge on any atom is -0.455 e. The van der Waals surface area contributed by atoms with Gasteiger partial charge in [0.2, 0.25) is 0 Å². The molecule has 57 heavy (non-hydrogen) atoms. The third-order valence-electron chi connectivity index (χ3n) is 11.9. The van der Waals surface area contributed by atoms with Crippen molar-refractivity contribution in [3.05, 3.63) is 221 Å². The molecule has 0 saturated carbocycles. The van der Waals surface area contributed by atoms with Crippen LogP contribution in [-0.4, -0.2) is 0 Å². The Morgan fingerprint density at radius 3 is 1.91 bits per heavy atom. The van der Waals surface area contributed by atoms with Crippen LogP contribution < -0.4 is 4.90 Å². The van der Waals surface area contributed by atoms with Gasteiger partial charge in [-0.25, -0.2) is 0 Å². The van der Waals surface area contributed by atoms with Gasteiger partial charge in [0.1, 0.15) is 11.2 Å². The second kappa shape index (κ2) is 12.5. The molecular formula is C53H32ClNOS. The van der Waals surface area contributed by atoms with Crippen LogP contribution in [0.4, 0.5) is 17.1 Å². The maximum Gasteiger partial charge on any atom is 0.143 e. The minimum absolute atomic E-state index is 0.484. The summed E-state index contributed by atoms with van der Waals surface area (Å²) in [5.74, 6) is 0. The normalized spacial score (nSPS) is 13.4. The first kappa shape index (κ1) is 32.7. The molecule has 1 aromatic heterocycles. The summed E-state index contributed by atoms with van der Waals surface area (Å²) in [6.45, 7) is 0. The Morgan fingerprint density at radius 1 is 0.439 bits per heavy atom. The average Bonchev–Trinajstić information content (AvgIpc) is 3.78. The number of benzene rings is 9. The first-order valence-electron chi connectivity index (χ1n) is 19.3. The summed E-state index contributed by atoms with van der Waals surface area (Å²) in [6, 6.07) is 70.3. The van der Waals surface area contributed by atoms with Crippen LogP contribution in [-0.2, 0) is 5.41 Å². The van der Waals surface area contributed by atoms with Gasteiger partial charge in [0.05, 0.1) is 5.41 Å². The van der Waals surface area contributed by atoms with E-state index in [0.29, 0.717) is 0 Å². The van der Waals surface area contributed by atoms with Crippen LogP contribution in [0.3, 0.4) is 0 Å². The molecule has 0 atom stereocenters. The summed E-state index contributed by atoms with van der Waals surface area (Å²) >= 11 is 8.60. The summed E-state index contributed by atoms with van der Waals surface area (Å²) in [4.78, 5) is 4.78. The monoisotopic (exact) mass is 765 g/mol. The van der Waals surface area contributed by atoms with Gasteiger partial charge in [-0.1, -0.05) is 157 Å². The molecule has 0 unspecified atom stereocenters. The number of fused-ring (bicyclic) bond motifs is 13. The molecule has 0 N–H and O–H groups in total. The highest BCUT2D eigenvalue weighted by molar-refractivity contribution is 7.99. The van der Waals surface area contributed by atoms with Crippen LogP contribution in [0.15, 0.2) is 208 Å². The van der Waals surface area contributed by atoms with Crippen molar-refractivity contribution in [2.45, 2.75) is 15.2 Å². The largest absolute Gasteiger partial charge is 0.455 e. The molecule has 0 saturated heterocycles. The molecule has 0 amide bonds. The van der Waals surface area contributed by atoms with E-state index in [4.69, 9.17) is 16.0 Å². The molecule has 2 nitrogen and oxygen atoms in total. The molecule has 2 aliphatic rings. The van der Waals surface area contributed by atoms with Crippen molar-refractivity contribution in [2.75, 3.05) is 4.90 Å². The number of hydrogen-bond acceptors (Lipinski definition) is 3. The average molecular weight is 766 g/mol. The van der Waals surface area contributed by atoms with Crippen molar-refractivity contribution in [3.8, 4) is 22.3 Å². The maximum absolute atomic E-state index is 6.79. The fraction of sp³-hybridized carbons (Fsp3) is 0.0189. The molecule has 0 radical (unpaired) electrons. The van der Waals surface area contributed by atoms with E-state index in [2.05, 4.69) is 187 Å². The Morgan fingerprint density at radius 2 is 1.11 bits per heavy atom. The van der Waals surface area contributed by atoms with E-state index >= 15 is 0 Å². The van der Waals surface area contributed by atoms with Crippen molar-refractivity contribution in [1.82, 2.24) is 0 Å². The first-order valence-corrected chi connectivity index (χ1v) is 20.5. The third kappa shape index (κ3) is 4.80. The van der Waals surface area contributed by atoms with Gasteiger partial charge in [0.15, 0.2) is 0 Å². The molecular weight excluding hydrogens is 734 g/mol. The van der Waals surface area contributed by atoms with Gasteiger partial charge in [-0.05, 0) is 110 Å². The van der Waals surface area contributed by atoms with Gasteiger partial charge < -0.3 is 9.32 Å². The third-order valence-corrected chi connectivity index (χ3v) is 13.3. The van der Waals surface area contributed by atoms with Crippen LogP contribution in [0.25, 0.3) is 55.0 Å². The molecule has 10 aromatic rings. The highest BCUT2D eigenvalue weighted by Gasteiger charge is 2.50. The lowest BCUT2D eigenvalue weighted by Gasteiger charge is -2.40. The lowest BCUT2D eigenvalue weighted by molar-refractivity contribution is 0.670. The molecule has 0 fully saturated rings. The van der Waals surface area contributed by atoms with E-state index in [0.717, 1.165) is 55.2 Å². The predicted molar refractivity (Wildman–Crippen MR) is 238 cm³/mol. The summed E-state index contributed by atoms with van der Waals surface area (Å²) in [6.07, 6.45) is 0. The molecule has 1 spiro atoms. The van der Waals surface area contributed by atoms with Crippen LogP contribution in [0.1, 0.15) is 22.3 Å². The highest BCUT2D eigenvalue weighted by Crippen LogP contribution is 2.63. The first-order chi connectivity index (χ1) is 28.1. The van der Waals surface area contributed by atoms with Crippen molar-refractivity contribution in [2.24, 2.45) is 0 Å². The van der Waals surface area contributed by atoms with E-state index in [1.54, 1.807) is 0 Å². The second-order valence-electron chi connectivity index (χ2n) is 15.0. The van der Waals surface area contributed by atoms with Crippen LogP contribution >= 0.6 is 23.4 Å². The summed E-state index contributed by atoms with van der Waals surface area (Å²) in [7, 11) is 0. The standard InChI is InChI=1S/C53H32ClNOS/c54-36-24-26-47-50(29-36)57-51-32-38(25-27-48(51)53(47)45-19-9-6-16-40(45)41-17-7-10-20-46(41)53)55(37-14-2-1-3-15-37)39-30-43(35-23-22-33-12-4-5-13-34(33)28-35)52-44(31-39)42-18-8-11-21-49(42)56-52/h1-32H. The van der Waals surface area contributed by atoms with Crippen LogP contribution in [0.2, 0.25) is 5.02 Å². The van der Waals surface area contributed by atoms with Gasteiger partial charge in [-0.2, -0.15) is 0 Å². The molecule has 1 aliphatic carbocycles. The van der Waals surface area contributed by atoms with Gasteiger partial charge in [-0.15, -0.1) is 0 Å². The summed E-state index contributed by atoms with van der Waals surface area (Å²) in [5, 5.41) is 5.33. The zero-order valence-electron chi connectivity index (χ0n) is 30.6. The van der Waals surface area contributed by atoms with Gasteiger partial charge in [-0.3, -0.25) is 0 Å². The fourth-order valence-electron chi connectivity index (χ4n) is 9.55. The van der Waals surface area contributed by atoms with E-state index in [9.17, 15) is 0 Å². The molecule has 1 aliphatic heterocycles. The van der Waals surface area contributed by atoms with Crippen molar-refractivity contribution in [3.63, 3.8) is 0 Å². The zero-order chi connectivity index (χ0) is 37.7. The number of furan rings is 1. The van der Waals surface area contributed by atoms with E-state index < -0.39 is 5.41 Å². The quantitative estimate of drug-likeness (QED) is 0.178. The molecule has 268 valence electrons. The Labute approximate surface area is 339 Å². The maximum atomic E-state index is 6.79. The highest BCUT2D eigenvalue weighted by atomic mass is 35.5. The number of hydrogen-bond donors (Lipinski definition) is 0. The minimum atomic E-state index is -0.484. The topological polar surface area (TPSA) is 16.4 Å². The fourth-order valence-corrected chi connectivity index (χ4v) is 11.1. The van der Waals surface area contributed by atoms with Crippen LogP contribution in [0.5, 0.6) is 0 Å².